The van der Waals surface area contributed by atoms with Crippen LogP contribution in [0.2, 0.25) is 0 Å². The number of nitrogen functional groups attached to an aromatic ring is 1. The molecule has 0 spiro atoms. The molecule has 170 valence electrons. The lowest BCUT2D eigenvalue weighted by Gasteiger charge is -2.15. The number of aryl methyl sites for hydroxylation is 1. The van der Waals surface area contributed by atoms with Gasteiger partial charge in [0.2, 0.25) is 11.1 Å². The van der Waals surface area contributed by atoms with Gasteiger partial charge in [0.1, 0.15) is 12.4 Å². The maximum Gasteiger partial charge on any atom is 0.237 e. The molecule has 7 nitrogen and oxygen atoms in total. The summed E-state index contributed by atoms with van der Waals surface area (Å²) < 4.78 is 33.6. The van der Waals surface area contributed by atoms with Gasteiger partial charge in [0.25, 0.3) is 0 Å². The normalized spacial score (nSPS) is 12.1. The van der Waals surface area contributed by atoms with Gasteiger partial charge in [0.15, 0.2) is 17.5 Å². The molecular formula is C22H25F2N5O2S. The summed E-state index contributed by atoms with van der Waals surface area (Å²) in [5, 5.41) is 10.3. The average Bonchev–Trinajstić information content (AvgIpc) is 3.08. The molecular weight excluding hydrogens is 436 g/mol. The Bertz CT molecular complexity index is 1120. The fourth-order valence-electron chi connectivity index (χ4n) is 2.90. The van der Waals surface area contributed by atoms with Crippen LogP contribution in [0.25, 0.3) is 0 Å². The first kappa shape index (κ1) is 23.5. The van der Waals surface area contributed by atoms with Crippen molar-refractivity contribution in [1.29, 1.82) is 0 Å². The lowest BCUT2D eigenvalue weighted by atomic mass is 10.0. The van der Waals surface area contributed by atoms with Gasteiger partial charge in [-0.15, -0.1) is 10.2 Å². The van der Waals surface area contributed by atoms with E-state index >= 15 is 0 Å². The third-order valence-electron chi connectivity index (χ3n) is 4.72. The fraction of sp³-hybridized carbons (Fsp3) is 0.318. The van der Waals surface area contributed by atoms with E-state index in [1.54, 1.807) is 6.92 Å². The molecule has 0 aliphatic rings. The second-order valence-corrected chi connectivity index (χ2v) is 8.94. The Morgan fingerprint density at radius 3 is 2.59 bits per heavy atom. The summed E-state index contributed by atoms with van der Waals surface area (Å²) in [4.78, 5) is 12.4. The minimum absolute atomic E-state index is 0.114. The Labute approximate surface area is 189 Å². The number of nitrogens with two attached hydrogens (primary N) is 1. The van der Waals surface area contributed by atoms with Gasteiger partial charge >= 0.3 is 0 Å². The number of anilines is 1. The Balaban J connectivity index is 1.64. The van der Waals surface area contributed by atoms with Crippen molar-refractivity contribution in [3.05, 3.63) is 65.0 Å². The van der Waals surface area contributed by atoms with Crippen LogP contribution in [-0.4, -0.2) is 26.0 Å². The van der Waals surface area contributed by atoms with Crippen molar-refractivity contribution >= 4 is 23.4 Å². The van der Waals surface area contributed by atoms with E-state index in [1.165, 1.54) is 10.7 Å². The number of thioether (sulfide) groups is 1. The van der Waals surface area contributed by atoms with E-state index in [2.05, 4.69) is 29.4 Å². The van der Waals surface area contributed by atoms with Crippen molar-refractivity contribution in [2.24, 2.45) is 0 Å². The van der Waals surface area contributed by atoms with Crippen LogP contribution in [0.15, 0.2) is 41.6 Å². The fourth-order valence-corrected chi connectivity index (χ4v) is 3.69. The van der Waals surface area contributed by atoms with Crippen molar-refractivity contribution < 1.29 is 18.3 Å². The van der Waals surface area contributed by atoms with Crippen LogP contribution in [0.5, 0.6) is 5.75 Å². The molecule has 0 saturated heterocycles. The number of ether oxygens (including phenoxy) is 1. The number of halogens is 2. The second-order valence-electron chi connectivity index (χ2n) is 7.63. The Morgan fingerprint density at radius 1 is 1.16 bits per heavy atom. The van der Waals surface area contributed by atoms with Gasteiger partial charge in [0, 0.05) is 11.8 Å². The molecule has 1 heterocycles. The molecule has 0 aliphatic carbocycles. The van der Waals surface area contributed by atoms with Gasteiger partial charge in [-0.2, -0.15) is 0 Å². The molecule has 3 aromatic rings. The summed E-state index contributed by atoms with van der Waals surface area (Å²) in [6, 6.07) is 9.19. The molecule has 10 heteroatoms. The smallest absolute Gasteiger partial charge is 0.237 e. The molecule has 0 radical (unpaired) electrons. The maximum absolute atomic E-state index is 13.3. The number of rotatable bonds is 8. The van der Waals surface area contributed by atoms with Crippen molar-refractivity contribution in [2.75, 3.05) is 11.2 Å². The second kappa shape index (κ2) is 9.99. The largest absolute Gasteiger partial charge is 0.485 e. The predicted octanol–water partition coefficient (Wildman–Crippen LogP) is 4.40. The van der Waals surface area contributed by atoms with Crippen LogP contribution in [-0.2, 0) is 11.4 Å². The molecule has 0 fully saturated rings. The third-order valence-corrected chi connectivity index (χ3v) is 5.78. The van der Waals surface area contributed by atoms with Gasteiger partial charge < -0.3 is 15.9 Å². The van der Waals surface area contributed by atoms with Crippen LogP contribution < -0.4 is 15.9 Å². The van der Waals surface area contributed by atoms with E-state index in [0.717, 1.165) is 40.8 Å². The van der Waals surface area contributed by atoms with Crippen LogP contribution in [0.1, 0.15) is 43.6 Å². The van der Waals surface area contributed by atoms with Crippen LogP contribution in [0.3, 0.4) is 0 Å². The molecule has 0 aliphatic heterocycles. The minimum atomic E-state index is -1.04. The number of carbonyl (C=O) groups excluding carboxylic acids is 1. The summed E-state index contributed by atoms with van der Waals surface area (Å²) in [5.41, 5.74) is 2.32. The molecule has 0 bridgehead atoms. The Morgan fingerprint density at radius 2 is 1.91 bits per heavy atom. The first-order valence-corrected chi connectivity index (χ1v) is 10.9. The zero-order chi connectivity index (χ0) is 23.4. The maximum atomic E-state index is 13.3. The topological polar surface area (TPSA) is 95.1 Å². The number of hydrogen-bond donors (Lipinski definition) is 2. The van der Waals surface area contributed by atoms with Crippen molar-refractivity contribution in [3.63, 3.8) is 0 Å². The first-order valence-electron chi connectivity index (χ1n) is 10.0. The highest BCUT2D eigenvalue weighted by atomic mass is 32.2. The number of nitrogens with one attached hydrogen (secondary N) is 1. The molecule has 3 rings (SSSR count). The van der Waals surface area contributed by atoms with Crippen LogP contribution in [0, 0.1) is 18.6 Å². The molecule has 0 saturated carbocycles. The van der Waals surface area contributed by atoms with Gasteiger partial charge in [-0.05, 0) is 49.1 Å². The number of benzene rings is 2. The zero-order valence-corrected chi connectivity index (χ0v) is 19.0. The Hall–Kier alpha value is -3.14. The monoisotopic (exact) mass is 461 g/mol. The summed E-state index contributed by atoms with van der Waals surface area (Å²) in [7, 11) is 0. The quantitative estimate of drug-likeness (QED) is 0.381. The number of carbonyl (C=O) groups is 1. The summed E-state index contributed by atoms with van der Waals surface area (Å²) in [5.74, 6) is 5.12. The predicted molar refractivity (Wildman–Crippen MR) is 120 cm³/mol. The van der Waals surface area contributed by atoms with Gasteiger partial charge in [-0.25, -0.2) is 13.5 Å². The average molecular weight is 462 g/mol. The highest BCUT2D eigenvalue weighted by Gasteiger charge is 2.20. The SMILES string of the molecule is Cc1ccc(C(C)C)c(OCc2nnc(SC(C)C(=O)Nc3ccc(F)c(F)c3)n2N)c1. The third kappa shape index (κ3) is 5.56. The van der Waals surface area contributed by atoms with Crippen molar-refractivity contribution in [2.45, 2.75) is 50.6 Å². The standard InChI is InChI=1S/C22H25F2N5O2S/c1-12(2)16-7-5-13(3)9-19(16)31-11-20-27-28-22(29(20)25)32-14(4)21(30)26-15-6-8-17(23)18(24)10-15/h5-10,12,14H,11,25H2,1-4H3,(H,26,30). The van der Waals surface area contributed by atoms with E-state index in [0.29, 0.717) is 16.9 Å². The summed E-state index contributed by atoms with van der Waals surface area (Å²) in [6.07, 6.45) is 0. The van der Waals surface area contributed by atoms with Crippen molar-refractivity contribution in [1.82, 2.24) is 14.9 Å². The summed E-state index contributed by atoms with van der Waals surface area (Å²) in [6.45, 7) is 7.92. The molecule has 1 unspecified atom stereocenters. The van der Waals surface area contributed by atoms with E-state index in [9.17, 15) is 13.6 Å². The molecule has 1 atom stereocenters. The van der Waals surface area contributed by atoms with E-state index in [-0.39, 0.29) is 12.3 Å². The molecule has 1 amide bonds. The first-order chi connectivity index (χ1) is 15.2. The number of aromatic nitrogens is 3. The minimum Gasteiger partial charge on any atom is -0.485 e. The van der Waals surface area contributed by atoms with E-state index in [4.69, 9.17) is 10.6 Å². The van der Waals surface area contributed by atoms with Gasteiger partial charge in [-0.1, -0.05) is 37.7 Å². The number of amides is 1. The van der Waals surface area contributed by atoms with E-state index in [1.807, 2.05) is 25.1 Å². The van der Waals surface area contributed by atoms with Crippen LogP contribution in [0.4, 0.5) is 14.5 Å². The number of hydrogen-bond acceptors (Lipinski definition) is 6. The lowest BCUT2D eigenvalue weighted by molar-refractivity contribution is -0.115. The van der Waals surface area contributed by atoms with Gasteiger partial charge in [0.05, 0.1) is 5.25 Å². The lowest BCUT2D eigenvalue weighted by Crippen LogP contribution is -2.24. The van der Waals surface area contributed by atoms with Gasteiger partial charge in [-0.3, -0.25) is 4.79 Å². The van der Waals surface area contributed by atoms with Crippen LogP contribution >= 0.6 is 11.8 Å². The number of nitrogens with zero attached hydrogens (tertiary/aromatic N) is 3. The Kier molecular flexibility index (Phi) is 7.34. The molecule has 3 N–H and O–H groups in total. The highest BCUT2D eigenvalue weighted by Crippen LogP contribution is 2.28. The molecule has 2 aromatic carbocycles. The molecule has 32 heavy (non-hydrogen) atoms. The van der Waals surface area contributed by atoms with Crippen molar-refractivity contribution in [3.8, 4) is 5.75 Å². The molecule has 1 aromatic heterocycles. The highest BCUT2D eigenvalue weighted by molar-refractivity contribution is 8.00. The summed E-state index contributed by atoms with van der Waals surface area (Å²) >= 11 is 1.09. The van der Waals surface area contributed by atoms with E-state index < -0.39 is 22.8 Å². The zero-order valence-electron chi connectivity index (χ0n) is 18.2.